The number of halogens is 1. The Kier molecular flexibility index (Phi) is 6.93. The molecule has 0 saturated heterocycles. The summed E-state index contributed by atoms with van der Waals surface area (Å²) in [7, 11) is 1.64. The van der Waals surface area contributed by atoms with Crippen LogP contribution in [0.25, 0.3) is 0 Å². The molecule has 0 aliphatic rings. The van der Waals surface area contributed by atoms with Gasteiger partial charge in [-0.1, -0.05) is 11.6 Å². The van der Waals surface area contributed by atoms with Gasteiger partial charge >= 0.3 is 0 Å². The predicted molar refractivity (Wildman–Crippen MR) is 76.1 cm³/mol. The first kappa shape index (κ1) is 15.1. The monoisotopic (exact) mass is 288 g/mol. The molecule has 0 heterocycles. The molecule has 0 fully saturated rings. The minimum Gasteiger partial charge on any atom is -0.398 e. The van der Waals surface area contributed by atoms with Gasteiger partial charge in [0, 0.05) is 25.2 Å². The van der Waals surface area contributed by atoms with Crippen LogP contribution in [0.15, 0.2) is 23.1 Å². The van der Waals surface area contributed by atoms with Gasteiger partial charge in [0.1, 0.15) is 0 Å². The number of nitrogens with two attached hydrogens (primary N) is 1. The zero-order valence-corrected chi connectivity index (χ0v) is 11.8. The van der Waals surface area contributed by atoms with E-state index in [1.54, 1.807) is 19.2 Å². The first-order valence-corrected chi connectivity index (χ1v) is 6.93. The second-order valence-corrected chi connectivity index (χ2v) is 5.12. The van der Waals surface area contributed by atoms with E-state index in [9.17, 15) is 4.79 Å². The number of benzene rings is 1. The van der Waals surface area contributed by atoms with Gasteiger partial charge in [0.05, 0.1) is 16.5 Å². The van der Waals surface area contributed by atoms with Crippen LogP contribution in [0.5, 0.6) is 0 Å². The highest BCUT2D eigenvalue weighted by Crippen LogP contribution is 2.26. The molecule has 1 aromatic rings. The number of amides is 1. The third-order valence-corrected chi connectivity index (χ3v) is 3.51. The van der Waals surface area contributed by atoms with Crippen molar-refractivity contribution in [3.63, 3.8) is 0 Å². The van der Waals surface area contributed by atoms with Gasteiger partial charge in [0.2, 0.25) is 5.91 Å². The number of hydrogen-bond acceptors (Lipinski definition) is 4. The summed E-state index contributed by atoms with van der Waals surface area (Å²) in [6.07, 6.45) is 0.820. The highest BCUT2D eigenvalue weighted by molar-refractivity contribution is 8.00. The quantitative estimate of drug-likeness (QED) is 0.458. The third-order valence-electron chi connectivity index (χ3n) is 2.19. The Balaban J connectivity index is 2.27. The molecule has 1 aromatic carbocycles. The van der Waals surface area contributed by atoms with Gasteiger partial charge in [-0.05, 0) is 24.6 Å². The van der Waals surface area contributed by atoms with E-state index in [0.717, 1.165) is 11.3 Å². The number of anilines is 1. The molecule has 0 unspecified atom stereocenters. The van der Waals surface area contributed by atoms with Crippen molar-refractivity contribution in [2.45, 2.75) is 11.3 Å². The number of carbonyl (C=O) groups is 1. The van der Waals surface area contributed by atoms with Crippen molar-refractivity contribution < 1.29 is 9.53 Å². The number of thioether (sulfide) groups is 1. The summed E-state index contributed by atoms with van der Waals surface area (Å²) < 4.78 is 4.89. The SMILES string of the molecule is COCCCNC(=O)CSc1ccc(N)c(Cl)c1. The molecule has 4 nitrogen and oxygen atoms in total. The number of methoxy groups -OCH3 is 1. The van der Waals surface area contributed by atoms with E-state index in [0.29, 0.717) is 29.6 Å². The Morgan fingerprint density at radius 1 is 1.56 bits per heavy atom. The van der Waals surface area contributed by atoms with Crippen molar-refractivity contribution >= 4 is 35.0 Å². The van der Waals surface area contributed by atoms with Crippen molar-refractivity contribution in [2.24, 2.45) is 0 Å². The van der Waals surface area contributed by atoms with Crippen molar-refractivity contribution in [1.29, 1.82) is 0 Å². The van der Waals surface area contributed by atoms with E-state index >= 15 is 0 Å². The number of nitrogens with one attached hydrogen (secondary N) is 1. The Hall–Kier alpha value is -0.910. The van der Waals surface area contributed by atoms with E-state index in [1.165, 1.54) is 11.8 Å². The Morgan fingerprint density at radius 2 is 2.33 bits per heavy atom. The molecule has 1 amide bonds. The zero-order valence-electron chi connectivity index (χ0n) is 10.2. The fourth-order valence-corrected chi connectivity index (χ4v) is 2.25. The number of ether oxygens (including phenoxy) is 1. The van der Waals surface area contributed by atoms with Crippen molar-refractivity contribution in [3.8, 4) is 0 Å². The molecule has 0 saturated carbocycles. The van der Waals surface area contributed by atoms with Gasteiger partial charge in [0.25, 0.3) is 0 Å². The Morgan fingerprint density at radius 3 is 3.00 bits per heavy atom. The summed E-state index contributed by atoms with van der Waals surface area (Å²) in [5.41, 5.74) is 6.15. The molecule has 0 bridgehead atoms. The standard InChI is InChI=1S/C12H17ClN2O2S/c1-17-6-2-5-15-12(16)8-18-9-3-4-11(14)10(13)7-9/h3-4,7H,2,5-6,8,14H2,1H3,(H,15,16). The largest absolute Gasteiger partial charge is 0.398 e. The second-order valence-electron chi connectivity index (χ2n) is 3.67. The Labute approximate surface area is 116 Å². The van der Waals surface area contributed by atoms with Gasteiger partial charge < -0.3 is 15.8 Å². The molecule has 0 radical (unpaired) electrons. The topological polar surface area (TPSA) is 64.3 Å². The molecule has 1 rings (SSSR count). The molecule has 0 aromatic heterocycles. The molecule has 0 aliphatic carbocycles. The summed E-state index contributed by atoms with van der Waals surface area (Å²) in [5.74, 6) is 0.372. The van der Waals surface area contributed by atoms with Crippen LogP contribution in [-0.4, -0.2) is 31.9 Å². The van der Waals surface area contributed by atoms with Gasteiger partial charge in [-0.15, -0.1) is 11.8 Å². The average Bonchev–Trinajstić information content (AvgIpc) is 2.36. The number of nitrogen functional groups attached to an aromatic ring is 1. The minimum atomic E-state index is 0.00375. The van der Waals surface area contributed by atoms with Gasteiger partial charge in [-0.3, -0.25) is 4.79 Å². The molecule has 0 aliphatic heterocycles. The maximum absolute atomic E-state index is 11.5. The van der Waals surface area contributed by atoms with Crippen molar-refractivity contribution in [3.05, 3.63) is 23.2 Å². The van der Waals surface area contributed by atoms with Gasteiger partial charge in [-0.25, -0.2) is 0 Å². The molecule has 0 atom stereocenters. The lowest BCUT2D eigenvalue weighted by Crippen LogP contribution is -2.26. The van der Waals surface area contributed by atoms with Crippen molar-refractivity contribution in [1.82, 2.24) is 5.32 Å². The van der Waals surface area contributed by atoms with Crippen LogP contribution in [0.4, 0.5) is 5.69 Å². The number of rotatable bonds is 7. The lowest BCUT2D eigenvalue weighted by Gasteiger charge is -2.05. The molecule has 3 N–H and O–H groups in total. The smallest absolute Gasteiger partial charge is 0.230 e. The third kappa shape index (κ3) is 5.62. The van der Waals surface area contributed by atoms with Crippen LogP contribution in [0.2, 0.25) is 5.02 Å². The van der Waals surface area contributed by atoms with Gasteiger partial charge in [0.15, 0.2) is 0 Å². The molecule has 6 heteroatoms. The van der Waals surface area contributed by atoms with E-state index in [1.807, 2.05) is 6.07 Å². The van der Waals surface area contributed by atoms with Crippen LogP contribution in [-0.2, 0) is 9.53 Å². The summed E-state index contributed by atoms with van der Waals surface area (Å²) in [5, 5.41) is 3.33. The molecule has 100 valence electrons. The Bertz CT molecular complexity index is 402. The summed E-state index contributed by atoms with van der Waals surface area (Å²) in [6, 6.07) is 5.35. The van der Waals surface area contributed by atoms with E-state index < -0.39 is 0 Å². The first-order valence-electron chi connectivity index (χ1n) is 5.57. The lowest BCUT2D eigenvalue weighted by molar-refractivity contribution is -0.118. The molecular formula is C12H17ClN2O2S. The second kappa shape index (κ2) is 8.24. The van der Waals surface area contributed by atoms with Gasteiger partial charge in [-0.2, -0.15) is 0 Å². The average molecular weight is 289 g/mol. The number of carbonyl (C=O) groups excluding carboxylic acids is 1. The molecule has 18 heavy (non-hydrogen) atoms. The first-order chi connectivity index (χ1) is 8.63. The minimum absolute atomic E-state index is 0.00375. The highest BCUT2D eigenvalue weighted by atomic mass is 35.5. The fraction of sp³-hybridized carbons (Fsp3) is 0.417. The van der Waals surface area contributed by atoms with E-state index in [4.69, 9.17) is 22.1 Å². The maximum atomic E-state index is 11.5. The molecular weight excluding hydrogens is 272 g/mol. The lowest BCUT2D eigenvalue weighted by atomic mass is 10.3. The fourth-order valence-electron chi connectivity index (χ4n) is 1.24. The summed E-state index contributed by atoms with van der Waals surface area (Å²) in [4.78, 5) is 12.4. The highest BCUT2D eigenvalue weighted by Gasteiger charge is 2.04. The predicted octanol–water partition coefficient (Wildman–Crippen LogP) is 2.17. The van der Waals surface area contributed by atoms with Crippen LogP contribution < -0.4 is 11.1 Å². The van der Waals surface area contributed by atoms with Crippen molar-refractivity contribution in [2.75, 3.05) is 31.7 Å². The van der Waals surface area contributed by atoms with Crippen LogP contribution in [0.1, 0.15) is 6.42 Å². The zero-order chi connectivity index (χ0) is 13.4. The van der Waals surface area contributed by atoms with Crippen LogP contribution >= 0.6 is 23.4 Å². The van der Waals surface area contributed by atoms with E-state index in [-0.39, 0.29) is 5.91 Å². The molecule has 0 spiro atoms. The van der Waals surface area contributed by atoms with E-state index in [2.05, 4.69) is 5.32 Å². The summed E-state index contributed by atoms with van der Waals surface area (Å²) >= 11 is 7.33. The summed E-state index contributed by atoms with van der Waals surface area (Å²) in [6.45, 7) is 1.29. The van der Waals surface area contributed by atoms with Crippen LogP contribution in [0.3, 0.4) is 0 Å². The van der Waals surface area contributed by atoms with Crippen LogP contribution in [0, 0.1) is 0 Å². The maximum Gasteiger partial charge on any atom is 0.230 e. The number of hydrogen-bond donors (Lipinski definition) is 2. The normalized spacial score (nSPS) is 10.3.